The monoisotopic (exact) mass is 160 g/mol. The van der Waals surface area contributed by atoms with Gasteiger partial charge >= 0.3 is 10.4 Å². The predicted molar refractivity (Wildman–Crippen MR) is 20.9 cm³/mol. The lowest BCUT2D eigenvalue weighted by Crippen LogP contribution is -2.09. The summed E-state index contributed by atoms with van der Waals surface area (Å²) in [4.78, 5) is 0. The highest BCUT2D eigenvalue weighted by Crippen LogP contribution is 2.21. The van der Waals surface area contributed by atoms with Crippen LogP contribution in [0.5, 0.6) is 0 Å². The van der Waals surface area contributed by atoms with E-state index in [0.29, 0.717) is 0 Å². The maximum absolute atomic E-state index is 11.7. The number of hydrogen-bond donors (Lipinski definition) is 0. The molecule has 0 amide bonds. The minimum absolute atomic E-state index is 2.52. The average molecular weight is 160 g/mol. The summed E-state index contributed by atoms with van der Waals surface area (Å²) in [5.74, 6) is 0. The first-order valence-electron chi connectivity index (χ1n) is 1.91. The summed E-state index contributed by atoms with van der Waals surface area (Å²) in [6.07, 6.45) is -5.04. The number of halogens is 2. The van der Waals surface area contributed by atoms with Crippen LogP contribution in [0.25, 0.3) is 0 Å². The van der Waals surface area contributed by atoms with E-state index in [9.17, 15) is 17.2 Å². The third kappa shape index (κ3) is 1.35. The Bertz CT molecular complexity index is 183. The molecule has 0 aromatic heterocycles. The van der Waals surface area contributed by atoms with Gasteiger partial charge in [0.25, 0.3) is 12.7 Å². The highest BCUT2D eigenvalue weighted by Gasteiger charge is 2.40. The van der Waals surface area contributed by atoms with Gasteiger partial charge in [0.2, 0.25) is 0 Å². The molecule has 2 atom stereocenters. The Balaban J connectivity index is 2.77. The molecule has 0 spiro atoms. The maximum atomic E-state index is 11.7. The minimum Gasteiger partial charge on any atom is -0.209 e. The fourth-order valence-electron chi connectivity index (χ4n) is 0.335. The van der Waals surface area contributed by atoms with Crippen molar-refractivity contribution in [2.24, 2.45) is 0 Å². The summed E-state index contributed by atoms with van der Waals surface area (Å²) in [6, 6.07) is 0. The molecule has 4 nitrogen and oxygen atoms in total. The molecule has 1 aliphatic rings. The van der Waals surface area contributed by atoms with Crippen LogP contribution in [-0.2, 0) is 18.8 Å². The predicted octanol–water partition coefficient (Wildman–Crippen LogP) is -0.131. The fourth-order valence-corrected chi connectivity index (χ4v) is 1.01. The molecule has 0 aromatic carbocycles. The van der Waals surface area contributed by atoms with Gasteiger partial charge < -0.3 is 0 Å². The first-order valence-corrected chi connectivity index (χ1v) is 3.24. The molecular formula is C2H2F2O4S. The van der Waals surface area contributed by atoms with Gasteiger partial charge in [-0.3, -0.25) is 0 Å². The van der Waals surface area contributed by atoms with Crippen molar-refractivity contribution in [1.29, 1.82) is 0 Å². The lowest BCUT2D eigenvalue weighted by atomic mass is 10.7. The first kappa shape index (κ1) is 6.84. The zero-order valence-electron chi connectivity index (χ0n) is 3.95. The van der Waals surface area contributed by atoms with Gasteiger partial charge in [-0.2, -0.15) is 8.42 Å². The minimum atomic E-state index is -4.39. The molecule has 9 heavy (non-hydrogen) atoms. The van der Waals surface area contributed by atoms with Crippen LogP contribution in [0.15, 0.2) is 0 Å². The molecule has 0 saturated carbocycles. The molecule has 0 aliphatic carbocycles. The summed E-state index contributed by atoms with van der Waals surface area (Å²) in [7, 11) is -4.39. The van der Waals surface area contributed by atoms with Crippen LogP contribution < -0.4 is 0 Å². The molecule has 1 heterocycles. The van der Waals surface area contributed by atoms with E-state index < -0.39 is 23.1 Å². The van der Waals surface area contributed by atoms with Crippen molar-refractivity contribution < 1.29 is 25.6 Å². The lowest BCUT2D eigenvalue weighted by molar-refractivity contribution is -0.0349. The van der Waals surface area contributed by atoms with E-state index in [-0.39, 0.29) is 0 Å². The largest absolute Gasteiger partial charge is 0.405 e. The van der Waals surface area contributed by atoms with E-state index in [2.05, 4.69) is 8.37 Å². The molecule has 1 saturated heterocycles. The highest BCUT2D eigenvalue weighted by atomic mass is 32.3. The van der Waals surface area contributed by atoms with Crippen molar-refractivity contribution >= 4 is 10.4 Å². The molecule has 0 radical (unpaired) electrons. The third-order valence-corrected chi connectivity index (χ3v) is 1.46. The Morgan fingerprint density at radius 1 is 1.11 bits per heavy atom. The van der Waals surface area contributed by atoms with Crippen molar-refractivity contribution in [3.05, 3.63) is 0 Å². The van der Waals surface area contributed by atoms with Crippen LogP contribution in [-0.4, -0.2) is 21.1 Å². The Hall–Kier alpha value is -0.270. The summed E-state index contributed by atoms with van der Waals surface area (Å²) in [5, 5.41) is 0. The van der Waals surface area contributed by atoms with Crippen LogP contribution in [0.1, 0.15) is 0 Å². The Kier molecular flexibility index (Phi) is 1.41. The van der Waals surface area contributed by atoms with Crippen molar-refractivity contribution in [1.82, 2.24) is 0 Å². The first-order chi connectivity index (χ1) is 4.01. The topological polar surface area (TPSA) is 52.6 Å². The normalized spacial score (nSPS) is 41.1. The molecule has 1 rings (SSSR count). The molecule has 1 aliphatic heterocycles. The smallest absolute Gasteiger partial charge is 0.209 e. The molecule has 1 fully saturated rings. The second kappa shape index (κ2) is 1.86. The van der Waals surface area contributed by atoms with Gasteiger partial charge in [0.15, 0.2) is 0 Å². The zero-order valence-corrected chi connectivity index (χ0v) is 4.77. The summed E-state index contributed by atoms with van der Waals surface area (Å²) < 4.78 is 50.0. The van der Waals surface area contributed by atoms with Gasteiger partial charge in [-0.1, -0.05) is 0 Å². The van der Waals surface area contributed by atoms with Gasteiger partial charge in [-0.25, -0.2) is 17.1 Å². The van der Waals surface area contributed by atoms with E-state index in [1.54, 1.807) is 0 Å². The summed E-state index contributed by atoms with van der Waals surface area (Å²) in [5.41, 5.74) is 0. The van der Waals surface area contributed by atoms with Crippen LogP contribution in [0.3, 0.4) is 0 Å². The molecule has 0 bridgehead atoms. The summed E-state index contributed by atoms with van der Waals surface area (Å²) in [6.45, 7) is 0. The standard InChI is InChI=1S/C2H2F2O4S/c3-1-2(4)8-9(5,6)7-1/h1-2H. The fraction of sp³-hybridized carbons (Fsp3) is 1.00. The second-order valence-electron chi connectivity index (χ2n) is 1.30. The van der Waals surface area contributed by atoms with Gasteiger partial charge in [-0.05, 0) is 0 Å². The van der Waals surface area contributed by atoms with Crippen molar-refractivity contribution in [2.75, 3.05) is 0 Å². The molecule has 54 valence electrons. The van der Waals surface area contributed by atoms with Gasteiger partial charge in [0.1, 0.15) is 0 Å². The SMILES string of the molecule is O=S1(=O)OC(F)C(F)O1. The Labute approximate surface area is 49.7 Å². The number of hydrogen-bond acceptors (Lipinski definition) is 4. The highest BCUT2D eigenvalue weighted by molar-refractivity contribution is 7.82. The molecular weight excluding hydrogens is 158 g/mol. The van der Waals surface area contributed by atoms with E-state index >= 15 is 0 Å². The number of alkyl halides is 2. The number of rotatable bonds is 0. The van der Waals surface area contributed by atoms with E-state index in [4.69, 9.17) is 0 Å². The van der Waals surface area contributed by atoms with Crippen molar-refractivity contribution in [2.45, 2.75) is 12.7 Å². The molecule has 2 unspecified atom stereocenters. The molecule has 0 N–H and O–H groups in total. The summed E-state index contributed by atoms with van der Waals surface area (Å²) >= 11 is 0. The average Bonchev–Trinajstić information content (AvgIpc) is 1.79. The van der Waals surface area contributed by atoms with Crippen LogP contribution in [0.2, 0.25) is 0 Å². The van der Waals surface area contributed by atoms with E-state index in [0.717, 1.165) is 0 Å². The molecule has 7 heteroatoms. The third-order valence-electron chi connectivity index (χ3n) is 0.626. The van der Waals surface area contributed by atoms with Gasteiger partial charge in [0, 0.05) is 0 Å². The van der Waals surface area contributed by atoms with Crippen LogP contribution in [0, 0.1) is 0 Å². The maximum Gasteiger partial charge on any atom is 0.405 e. The van der Waals surface area contributed by atoms with Gasteiger partial charge in [0.05, 0.1) is 0 Å². The van der Waals surface area contributed by atoms with E-state index in [1.807, 2.05) is 0 Å². The molecule has 0 aromatic rings. The van der Waals surface area contributed by atoms with Crippen molar-refractivity contribution in [3.63, 3.8) is 0 Å². The Morgan fingerprint density at radius 2 is 1.44 bits per heavy atom. The second-order valence-corrected chi connectivity index (χ2v) is 2.50. The van der Waals surface area contributed by atoms with Crippen LogP contribution in [0.4, 0.5) is 8.78 Å². The Morgan fingerprint density at radius 3 is 1.56 bits per heavy atom. The zero-order chi connectivity index (χ0) is 7.07. The van der Waals surface area contributed by atoms with Gasteiger partial charge in [-0.15, -0.1) is 0 Å². The van der Waals surface area contributed by atoms with Crippen molar-refractivity contribution in [3.8, 4) is 0 Å². The van der Waals surface area contributed by atoms with E-state index in [1.165, 1.54) is 0 Å². The lowest BCUT2D eigenvalue weighted by Gasteiger charge is -1.90. The quantitative estimate of drug-likeness (QED) is 0.495. The van der Waals surface area contributed by atoms with Crippen LogP contribution >= 0.6 is 0 Å².